The Labute approximate surface area is 204 Å². The molecule has 35 heavy (non-hydrogen) atoms. The van der Waals surface area contributed by atoms with Gasteiger partial charge < -0.3 is 38.3 Å². The molecule has 9 nitrogen and oxygen atoms in total. The largest absolute Gasteiger partial charge is 0.496 e. The third-order valence-electron chi connectivity index (χ3n) is 6.51. The van der Waals surface area contributed by atoms with Crippen molar-refractivity contribution in [3.8, 4) is 40.1 Å². The molecule has 0 amide bonds. The first-order valence-corrected chi connectivity index (χ1v) is 11.4. The standard InChI is InChI=1S/C26H32N2O7/c1-27-16-7-9-28(10-8-16)23-24(29)22-18(31-3)13-17(30-2)14-19(22)35-25(23)15-11-20(32-4)26(34-6)21(12-15)33-5/h11-14,16,27H,7-10H2,1-6H3. The van der Waals surface area contributed by atoms with Gasteiger partial charge in [0.2, 0.25) is 11.2 Å². The van der Waals surface area contributed by atoms with Crippen LogP contribution in [0.15, 0.2) is 33.5 Å². The summed E-state index contributed by atoms with van der Waals surface area (Å²) in [6.45, 7) is 1.41. The molecular weight excluding hydrogens is 452 g/mol. The highest BCUT2D eigenvalue weighted by atomic mass is 16.5. The van der Waals surface area contributed by atoms with Crippen molar-refractivity contribution in [3.63, 3.8) is 0 Å². The third kappa shape index (κ3) is 4.43. The summed E-state index contributed by atoms with van der Waals surface area (Å²) in [4.78, 5) is 16.1. The summed E-state index contributed by atoms with van der Waals surface area (Å²) in [5.41, 5.74) is 1.30. The lowest BCUT2D eigenvalue weighted by molar-refractivity contribution is 0.324. The fourth-order valence-electron chi connectivity index (χ4n) is 4.62. The first-order chi connectivity index (χ1) is 17.0. The Morgan fingerprint density at radius 2 is 1.49 bits per heavy atom. The predicted octanol–water partition coefficient (Wildman–Crippen LogP) is 3.69. The fraction of sp³-hybridized carbons (Fsp3) is 0.423. The zero-order chi connectivity index (χ0) is 25.1. The van der Waals surface area contributed by atoms with E-state index in [1.165, 1.54) is 7.11 Å². The highest BCUT2D eigenvalue weighted by Gasteiger charge is 2.28. The molecule has 2 heterocycles. The van der Waals surface area contributed by atoms with Crippen molar-refractivity contribution < 1.29 is 28.1 Å². The van der Waals surface area contributed by atoms with Crippen molar-refractivity contribution in [1.82, 2.24) is 5.32 Å². The third-order valence-corrected chi connectivity index (χ3v) is 6.51. The molecule has 1 fully saturated rings. The maximum Gasteiger partial charge on any atom is 0.220 e. The first-order valence-electron chi connectivity index (χ1n) is 11.4. The molecule has 188 valence electrons. The molecule has 1 N–H and O–H groups in total. The van der Waals surface area contributed by atoms with Gasteiger partial charge in [0.1, 0.15) is 28.2 Å². The van der Waals surface area contributed by atoms with Crippen LogP contribution in [0, 0.1) is 0 Å². The lowest BCUT2D eigenvalue weighted by Crippen LogP contribution is -2.43. The molecule has 0 spiro atoms. The minimum Gasteiger partial charge on any atom is -0.496 e. The lowest BCUT2D eigenvalue weighted by atomic mass is 10.0. The van der Waals surface area contributed by atoms with Gasteiger partial charge in [-0.2, -0.15) is 0 Å². The summed E-state index contributed by atoms with van der Waals surface area (Å²) in [6.07, 6.45) is 1.81. The van der Waals surface area contributed by atoms with Crippen LogP contribution in [-0.2, 0) is 0 Å². The fourth-order valence-corrected chi connectivity index (χ4v) is 4.62. The molecule has 4 rings (SSSR count). The number of ether oxygens (including phenoxy) is 5. The summed E-state index contributed by atoms with van der Waals surface area (Å²) in [6, 6.07) is 7.36. The quantitative estimate of drug-likeness (QED) is 0.514. The normalized spacial score (nSPS) is 14.2. The number of piperidine rings is 1. The molecule has 1 aliphatic rings. The smallest absolute Gasteiger partial charge is 0.220 e. The summed E-state index contributed by atoms with van der Waals surface area (Å²) in [5, 5.41) is 3.70. The molecule has 0 saturated carbocycles. The van der Waals surface area contributed by atoms with Gasteiger partial charge in [-0.1, -0.05) is 0 Å². The number of hydrogen-bond acceptors (Lipinski definition) is 9. The Balaban J connectivity index is 2.03. The number of anilines is 1. The van der Waals surface area contributed by atoms with Gasteiger partial charge in [0.15, 0.2) is 17.3 Å². The second-order valence-electron chi connectivity index (χ2n) is 8.28. The van der Waals surface area contributed by atoms with Crippen molar-refractivity contribution in [3.05, 3.63) is 34.5 Å². The Kier molecular flexibility index (Phi) is 7.25. The van der Waals surface area contributed by atoms with E-state index in [1.807, 2.05) is 7.05 Å². The zero-order valence-electron chi connectivity index (χ0n) is 21.0. The molecular formula is C26H32N2O7. The van der Waals surface area contributed by atoms with Crippen LogP contribution in [0.25, 0.3) is 22.3 Å². The summed E-state index contributed by atoms with van der Waals surface area (Å²) in [7, 11) is 9.70. The van der Waals surface area contributed by atoms with E-state index in [9.17, 15) is 4.79 Å². The van der Waals surface area contributed by atoms with Gasteiger partial charge >= 0.3 is 0 Å². The second-order valence-corrected chi connectivity index (χ2v) is 8.28. The van der Waals surface area contributed by atoms with Gasteiger partial charge in [0.05, 0.1) is 35.5 Å². The van der Waals surface area contributed by atoms with E-state index in [1.54, 1.807) is 52.7 Å². The molecule has 1 saturated heterocycles. The van der Waals surface area contributed by atoms with Crippen molar-refractivity contribution in [2.24, 2.45) is 0 Å². The topological polar surface area (TPSA) is 91.6 Å². The minimum absolute atomic E-state index is 0.169. The maximum atomic E-state index is 14.1. The molecule has 0 unspecified atom stereocenters. The Morgan fingerprint density at radius 3 is 2.00 bits per heavy atom. The monoisotopic (exact) mass is 484 g/mol. The molecule has 1 aliphatic heterocycles. The van der Waals surface area contributed by atoms with Crippen LogP contribution in [-0.4, -0.2) is 61.7 Å². The minimum atomic E-state index is -0.169. The molecule has 0 atom stereocenters. The van der Waals surface area contributed by atoms with Crippen molar-refractivity contribution in [1.29, 1.82) is 0 Å². The summed E-state index contributed by atoms with van der Waals surface area (Å²) < 4.78 is 34.0. The van der Waals surface area contributed by atoms with Gasteiger partial charge in [-0.25, -0.2) is 0 Å². The molecule has 3 aromatic rings. The lowest BCUT2D eigenvalue weighted by Gasteiger charge is -2.33. The van der Waals surface area contributed by atoms with Crippen molar-refractivity contribution in [2.45, 2.75) is 18.9 Å². The van der Waals surface area contributed by atoms with Crippen LogP contribution in [0.5, 0.6) is 28.7 Å². The highest BCUT2D eigenvalue weighted by Crippen LogP contribution is 2.44. The van der Waals surface area contributed by atoms with E-state index in [-0.39, 0.29) is 5.43 Å². The molecule has 0 radical (unpaired) electrons. The second kappa shape index (κ2) is 10.4. The molecule has 0 bridgehead atoms. The number of hydrogen-bond donors (Lipinski definition) is 1. The molecule has 0 aliphatic carbocycles. The van der Waals surface area contributed by atoms with E-state index in [4.69, 9.17) is 28.1 Å². The Morgan fingerprint density at radius 1 is 0.857 bits per heavy atom. The number of rotatable bonds is 8. The van der Waals surface area contributed by atoms with Crippen LogP contribution in [0.4, 0.5) is 5.69 Å². The average Bonchev–Trinajstić information content (AvgIpc) is 2.91. The van der Waals surface area contributed by atoms with Gasteiger partial charge in [0.25, 0.3) is 0 Å². The van der Waals surface area contributed by atoms with E-state index in [2.05, 4.69) is 10.2 Å². The highest BCUT2D eigenvalue weighted by molar-refractivity contribution is 5.92. The van der Waals surface area contributed by atoms with Gasteiger partial charge in [-0.3, -0.25) is 4.79 Å². The van der Waals surface area contributed by atoms with Crippen molar-refractivity contribution >= 4 is 16.7 Å². The Hall–Kier alpha value is -3.59. The molecule has 9 heteroatoms. The number of fused-ring (bicyclic) bond motifs is 1. The van der Waals surface area contributed by atoms with E-state index >= 15 is 0 Å². The molecule has 1 aromatic heterocycles. The summed E-state index contributed by atoms with van der Waals surface area (Å²) >= 11 is 0. The van der Waals surface area contributed by atoms with Gasteiger partial charge in [-0.05, 0) is 32.0 Å². The van der Waals surface area contributed by atoms with Crippen molar-refractivity contribution in [2.75, 3.05) is 60.6 Å². The van der Waals surface area contributed by atoms with E-state index in [0.29, 0.717) is 75.9 Å². The molecule has 2 aromatic carbocycles. The number of nitrogens with zero attached hydrogens (tertiary/aromatic N) is 1. The summed E-state index contributed by atoms with van der Waals surface area (Å²) in [5.74, 6) is 2.73. The van der Waals surface area contributed by atoms with Gasteiger partial charge in [-0.15, -0.1) is 0 Å². The maximum absolute atomic E-state index is 14.1. The predicted molar refractivity (Wildman–Crippen MR) is 135 cm³/mol. The van der Waals surface area contributed by atoms with E-state index < -0.39 is 0 Å². The SMILES string of the molecule is CNC1CCN(c2c(-c3cc(OC)c(OC)c(OC)c3)oc3cc(OC)cc(OC)c3c2=O)CC1. The number of methoxy groups -OCH3 is 5. The Bertz CT molecular complexity index is 1240. The van der Waals surface area contributed by atoms with Crippen LogP contribution in [0.2, 0.25) is 0 Å². The van der Waals surface area contributed by atoms with Gasteiger partial charge in [0, 0.05) is 36.8 Å². The number of benzene rings is 2. The zero-order valence-corrected chi connectivity index (χ0v) is 21.0. The number of nitrogens with one attached hydrogen (secondary N) is 1. The first kappa shape index (κ1) is 24.5. The van der Waals surface area contributed by atoms with Crippen LogP contribution in [0.1, 0.15) is 12.8 Å². The van der Waals surface area contributed by atoms with Crippen LogP contribution < -0.4 is 39.3 Å². The van der Waals surface area contributed by atoms with E-state index in [0.717, 1.165) is 12.8 Å². The van der Waals surface area contributed by atoms with Crippen LogP contribution >= 0.6 is 0 Å². The average molecular weight is 485 g/mol. The van der Waals surface area contributed by atoms with Crippen LogP contribution in [0.3, 0.4) is 0 Å².